The zero-order valence-corrected chi connectivity index (χ0v) is 12.9. The molecule has 1 aromatic rings. The summed E-state index contributed by atoms with van der Waals surface area (Å²) in [6.45, 7) is 1.67. The van der Waals surface area contributed by atoms with E-state index in [4.69, 9.17) is 30.5 Å². The standard InChI is InChI=1S/C14H16ClNO5/c1-7-16-12(14(17)20-4)13(21-7)8-5-10(18-2)11(19-3)6-9(8)15/h5-6,12-13H,1-4H3/t12-,13+/m0/s1. The molecule has 0 aromatic heterocycles. The number of aliphatic imine (C=N–C) groups is 1. The van der Waals surface area contributed by atoms with E-state index in [1.54, 1.807) is 19.1 Å². The van der Waals surface area contributed by atoms with Crippen LogP contribution in [0.4, 0.5) is 0 Å². The molecule has 114 valence electrons. The average Bonchev–Trinajstić information content (AvgIpc) is 2.87. The SMILES string of the molecule is COC(=O)[C@H]1N=C(C)O[C@@H]1c1cc(OC)c(OC)cc1Cl. The quantitative estimate of drug-likeness (QED) is 0.798. The summed E-state index contributed by atoms with van der Waals surface area (Å²) in [7, 11) is 4.34. The fourth-order valence-corrected chi connectivity index (χ4v) is 2.42. The monoisotopic (exact) mass is 313 g/mol. The van der Waals surface area contributed by atoms with Crippen molar-refractivity contribution in [2.75, 3.05) is 21.3 Å². The summed E-state index contributed by atoms with van der Waals surface area (Å²) in [6.07, 6.45) is -0.648. The molecule has 0 radical (unpaired) electrons. The molecule has 1 aliphatic rings. The highest BCUT2D eigenvalue weighted by atomic mass is 35.5. The van der Waals surface area contributed by atoms with Crippen molar-refractivity contribution in [1.82, 2.24) is 0 Å². The number of hydrogen-bond acceptors (Lipinski definition) is 6. The minimum Gasteiger partial charge on any atom is -0.493 e. The fourth-order valence-electron chi connectivity index (χ4n) is 2.16. The van der Waals surface area contributed by atoms with Gasteiger partial charge in [-0.1, -0.05) is 11.6 Å². The van der Waals surface area contributed by atoms with Crippen LogP contribution in [0, 0.1) is 0 Å². The van der Waals surface area contributed by atoms with Gasteiger partial charge in [-0.25, -0.2) is 9.79 Å². The molecule has 6 nitrogen and oxygen atoms in total. The van der Waals surface area contributed by atoms with Gasteiger partial charge in [-0.2, -0.15) is 0 Å². The molecule has 0 saturated heterocycles. The second-order valence-corrected chi connectivity index (χ2v) is 4.79. The first-order valence-electron chi connectivity index (χ1n) is 6.22. The Labute approximate surface area is 127 Å². The Morgan fingerprint density at radius 1 is 1.24 bits per heavy atom. The number of ether oxygens (including phenoxy) is 4. The molecule has 1 aromatic carbocycles. The first kappa shape index (κ1) is 15.4. The number of benzene rings is 1. The number of carbonyl (C=O) groups is 1. The first-order chi connectivity index (χ1) is 10.0. The van der Waals surface area contributed by atoms with Gasteiger partial charge in [0.15, 0.2) is 29.5 Å². The Morgan fingerprint density at radius 3 is 2.43 bits per heavy atom. The lowest BCUT2D eigenvalue weighted by atomic mass is 10.0. The summed E-state index contributed by atoms with van der Waals surface area (Å²) >= 11 is 6.26. The number of esters is 1. The molecule has 2 atom stereocenters. The molecule has 0 bridgehead atoms. The molecular formula is C14H16ClNO5. The lowest BCUT2D eigenvalue weighted by Gasteiger charge is -2.19. The largest absolute Gasteiger partial charge is 0.493 e. The average molecular weight is 314 g/mol. The zero-order chi connectivity index (χ0) is 15.6. The molecule has 0 aliphatic carbocycles. The van der Waals surface area contributed by atoms with Crippen molar-refractivity contribution in [2.24, 2.45) is 4.99 Å². The van der Waals surface area contributed by atoms with Crippen molar-refractivity contribution in [3.05, 3.63) is 22.7 Å². The molecule has 1 heterocycles. The topological polar surface area (TPSA) is 66.4 Å². The zero-order valence-electron chi connectivity index (χ0n) is 12.2. The molecule has 0 saturated carbocycles. The first-order valence-corrected chi connectivity index (χ1v) is 6.60. The fraction of sp³-hybridized carbons (Fsp3) is 0.429. The van der Waals surface area contributed by atoms with Gasteiger partial charge in [0.25, 0.3) is 0 Å². The van der Waals surface area contributed by atoms with Crippen molar-refractivity contribution in [3.63, 3.8) is 0 Å². The summed E-state index contributed by atoms with van der Waals surface area (Å²) in [6, 6.07) is 2.50. The van der Waals surface area contributed by atoms with Crippen LogP contribution in [-0.2, 0) is 14.3 Å². The predicted molar refractivity (Wildman–Crippen MR) is 77.3 cm³/mol. The normalized spacial score (nSPS) is 20.5. The smallest absolute Gasteiger partial charge is 0.335 e. The number of carbonyl (C=O) groups excluding carboxylic acids is 1. The molecule has 21 heavy (non-hydrogen) atoms. The third kappa shape index (κ3) is 2.90. The Balaban J connectivity index is 2.43. The number of methoxy groups -OCH3 is 3. The molecule has 0 N–H and O–H groups in total. The van der Waals surface area contributed by atoms with Gasteiger partial charge < -0.3 is 18.9 Å². The van der Waals surface area contributed by atoms with Crippen molar-refractivity contribution in [3.8, 4) is 11.5 Å². The van der Waals surface area contributed by atoms with Gasteiger partial charge in [0.05, 0.1) is 26.4 Å². The van der Waals surface area contributed by atoms with Gasteiger partial charge in [-0.3, -0.25) is 0 Å². The lowest BCUT2D eigenvalue weighted by Crippen LogP contribution is -2.25. The van der Waals surface area contributed by atoms with Crippen LogP contribution in [0.25, 0.3) is 0 Å². The maximum Gasteiger partial charge on any atom is 0.335 e. The van der Waals surface area contributed by atoms with Gasteiger partial charge in [0, 0.05) is 18.6 Å². The van der Waals surface area contributed by atoms with Crippen LogP contribution in [0.15, 0.2) is 17.1 Å². The van der Waals surface area contributed by atoms with Gasteiger partial charge in [0.2, 0.25) is 0 Å². The molecule has 1 aliphatic heterocycles. The van der Waals surface area contributed by atoms with Crippen LogP contribution < -0.4 is 9.47 Å². The Bertz CT molecular complexity index is 587. The van der Waals surface area contributed by atoms with E-state index >= 15 is 0 Å². The van der Waals surface area contributed by atoms with Crippen molar-refractivity contribution in [2.45, 2.75) is 19.1 Å². The van der Waals surface area contributed by atoms with E-state index in [0.717, 1.165) is 0 Å². The Hall–Kier alpha value is -1.95. The Morgan fingerprint density at radius 2 is 1.86 bits per heavy atom. The number of nitrogens with zero attached hydrogens (tertiary/aromatic N) is 1. The minimum atomic E-state index is -0.786. The summed E-state index contributed by atoms with van der Waals surface area (Å²) in [5.74, 6) is 0.911. The number of rotatable bonds is 4. The van der Waals surface area contributed by atoms with E-state index in [1.807, 2.05) is 0 Å². The highest BCUT2D eigenvalue weighted by molar-refractivity contribution is 6.31. The van der Waals surface area contributed by atoms with Crippen LogP contribution in [0.5, 0.6) is 11.5 Å². The highest BCUT2D eigenvalue weighted by Gasteiger charge is 2.38. The van der Waals surface area contributed by atoms with Gasteiger partial charge in [-0.05, 0) is 6.07 Å². The van der Waals surface area contributed by atoms with E-state index in [2.05, 4.69) is 4.99 Å². The summed E-state index contributed by atoms with van der Waals surface area (Å²) in [4.78, 5) is 16.0. The third-order valence-electron chi connectivity index (χ3n) is 3.16. The van der Waals surface area contributed by atoms with Crippen LogP contribution in [0.1, 0.15) is 18.6 Å². The Kier molecular flexibility index (Phi) is 4.57. The minimum absolute atomic E-state index is 0.399. The molecule has 0 amide bonds. The summed E-state index contributed by atoms with van der Waals surface area (Å²) in [5.41, 5.74) is 0.588. The molecule has 0 fully saturated rings. The summed E-state index contributed by atoms with van der Waals surface area (Å²) in [5, 5.41) is 0.399. The van der Waals surface area contributed by atoms with Gasteiger partial charge in [0.1, 0.15) is 0 Å². The van der Waals surface area contributed by atoms with E-state index in [1.165, 1.54) is 21.3 Å². The van der Waals surface area contributed by atoms with Crippen LogP contribution in [0.3, 0.4) is 0 Å². The van der Waals surface area contributed by atoms with E-state index in [-0.39, 0.29) is 0 Å². The number of hydrogen-bond donors (Lipinski definition) is 0. The van der Waals surface area contributed by atoms with E-state index < -0.39 is 18.1 Å². The maximum absolute atomic E-state index is 11.8. The number of halogens is 1. The van der Waals surface area contributed by atoms with Crippen LogP contribution >= 0.6 is 11.6 Å². The lowest BCUT2D eigenvalue weighted by molar-refractivity contribution is -0.143. The van der Waals surface area contributed by atoms with Crippen LogP contribution in [-0.4, -0.2) is 39.2 Å². The highest BCUT2D eigenvalue weighted by Crippen LogP contribution is 2.40. The maximum atomic E-state index is 11.8. The van der Waals surface area contributed by atoms with Crippen molar-refractivity contribution < 1.29 is 23.7 Å². The molecule has 0 unspecified atom stereocenters. The van der Waals surface area contributed by atoms with E-state index in [0.29, 0.717) is 28.0 Å². The van der Waals surface area contributed by atoms with Gasteiger partial charge >= 0.3 is 5.97 Å². The molecule has 0 spiro atoms. The van der Waals surface area contributed by atoms with Crippen LogP contribution in [0.2, 0.25) is 5.02 Å². The van der Waals surface area contributed by atoms with Gasteiger partial charge in [-0.15, -0.1) is 0 Å². The van der Waals surface area contributed by atoms with Crippen molar-refractivity contribution in [1.29, 1.82) is 0 Å². The summed E-state index contributed by atoms with van der Waals surface area (Å²) < 4.78 is 20.8. The van der Waals surface area contributed by atoms with Crippen molar-refractivity contribution >= 4 is 23.5 Å². The second-order valence-electron chi connectivity index (χ2n) is 4.38. The molecule has 7 heteroatoms. The van der Waals surface area contributed by atoms with E-state index in [9.17, 15) is 4.79 Å². The molecule has 2 rings (SSSR count). The third-order valence-corrected chi connectivity index (χ3v) is 3.48. The predicted octanol–water partition coefficient (Wildman–Crippen LogP) is 2.39. The molecular weight excluding hydrogens is 298 g/mol. The second kappa shape index (κ2) is 6.22.